The summed E-state index contributed by atoms with van der Waals surface area (Å²) in [5, 5.41) is 17.9. The van der Waals surface area contributed by atoms with Gasteiger partial charge in [-0.25, -0.2) is 0 Å². The van der Waals surface area contributed by atoms with Crippen molar-refractivity contribution in [2.45, 2.75) is 70.2 Å². The Bertz CT molecular complexity index is 1060. The van der Waals surface area contributed by atoms with E-state index < -0.39 is 9.04 Å². The minimum absolute atomic E-state index is 0.0244. The molecule has 2 heterocycles. The molecular weight excluding hydrogens is 440 g/mol. The fourth-order valence-corrected chi connectivity index (χ4v) is 5.67. The predicted octanol–water partition coefficient (Wildman–Crippen LogP) is 5.10. The third-order valence-electron chi connectivity index (χ3n) is 6.06. The zero-order valence-corrected chi connectivity index (χ0v) is 21.1. The molecule has 4 rings (SSSR count). The first-order valence-corrected chi connectivity index (χ1v) is 14.0. The molecule has 3 aromatic rings. The Labute approximate surface area is 194 Å². The van der Waals surface area contributed by atoms with Gasteiger partial charge in [-0.05, 0) is 31.4 Å². The lowest BCUT2D eigenvalue weighted by molar-refractivity contribution is 0.0899. The highest BCUT2D eigenvalue weighted by Crippen LogP contribution is 2.40. The van der Waals surface area contributed by atoms with E-state index in [-0.39, 0.29) is 23.1 Å². The van der Waals surface area contributed by atoms with Gasteiger partial charge in [0.1, 0.15) is 10.0 Å². The second kappa shape index (κ2) is 9.25. The molecule has 1 N–H and O–H groups in total. The van der Waals surface area contributed by atoms with Gasteiger partial charge in [-0.1, -0.05) is 67.6 Å². The number of benzene rings is 1. The smallest absolute Gasteiger partial charge is 0.273 e. The summed E-state index contributed by atoms with van der Waals surface area (Å²) in [7, 11) is -1.32. The first-order valence-electron chi connectivity index (χ1n) is 11.0. The normalized spacial score (nSPS) is 20.4. The molecule has 7 nitrogen and oxygen atoms in total. The number of rotatable bonds is 7. The molecule has 2 atom stereocenters. The van der Waals surface area contributed by atoms with E-state index in [1.165, 1.54) is 0 Å². The van der Waals surface area contributed by atoms with Crippen molar-refractivity contribution < 1.29 is 13.7 Å². The molecule has 1 unspecified atom stereocenters. The summed E-state index contributed by atoms with van der Waals surface area (Å²) in [6.07, 6.45) is 1.68. The van der Waals surface area contributed by atoms with Gasteiger partial charge in [-0.2, -0.15) is 0 Å². The number of hydrogen-bond donors (Lipinski definition) is 1. The molecule has 1 aliphatic rings. The average molecular weight is 471 g/mol. The fourth-order valence-electron chi connectivity index (χ4n) is 3.46. The number of carbonyl (C=O) groups excluding carboxylic acids is 1. The molecule has 9 heteroatoms. The molecular formula is C23H30N4O3SSi. The van der Waals surface area contributed by atoms with Crippen molar-refractivity contribution in [3.05, 3.63) is 52.1 Å². The maximum absolute atomic E-state index is 12.5. The number of carbonyl (C=O) groups is 1. The quantitative estimate of drug-likeness (QED) is 0.483. The predicted molar refractivity (Wildman–Crippen MR) is 127 cm³/mol. The van der Waals surface area contributed by atoms with E-state index in [2.05, 4.69) is 54.9 Å². The van der Waals surface area contributed by atoms with Crippen LogP contribution >= 0.6 is 11.3 Å². The molecule has 32 heavy (non-hydrogen) atoms. The van der Waals surface area contributed by atoms with Gasteiger partial charge in [-0.15, -0.1) is 10.2 Å². The average Bonchev–Trinajstić information content (AvgIpc) is 3.40. The van der Waals surface area contributed by atoms with Gasteiger partial charge in [0.05, 0.1) is 6.10 Å². The van der Waals surface area contributed by atoms with Crippen molar-refractivity contribution in [1.29, 1.82) is 0 Å². The van der Waals surface area contributed by atoms with Crippen LogP contribution < -0.4 is 5.32 Å². The largest absolute Gasteiger partial charge is 0.411 e. The molecule has 0 spiro atoms. The lowest BCUT2D eigenvalue weighted by atomic mass is 9.80. The SMILES string of the molecule is C[C@@H](O[SiH](C)C(C)(C)C)c1nnc(C2CC(NC(=O)c3cc(-c4ccccc4)on3)C2)s1. The Kier molecular flexibility index (Phi) is 6.59. The minimum Gasteiger partial charge on any atom is -0.411 e. The molecule has 0 bridgehead atoms. The summed E-state index contributed by atoms with van der Waals surface area (Å²) < 4.78 is 11.6. The topological polar surface area (TPSA) is 90.1 Å². The summed E-state index contributed by atoms with van der Waals surface area (Å²) in [5.74, 6) is 0.706. The van der Waals surface area contributed by atoms with E-state index in [9.17, 15) is 4.79 Å². The first-order chi connectivity index (χ1) is 15.2. The van der Waals surface area contributed by atoms with Gasteiger partial charge in [0, 0.05) is 23.6 Å². The molecule has 2 aromatic heterocycles. The Morgan fingerprint density at radius 3 is 2.66 bits per heavy atom. The molecule has 0 aliphatic heterocycles. The number of nitrogens with zero attached hydrogens (tertiary/aromatic N) is 3. The van der Waals surface area contributed by atoms with Crippen molar-refractivity contribution in [1.82, 2.24) is 20.7 Å². The van der Waals surface area contributed by atoms with Crippen LogP contribution in [0.2, 0.25) is 11.6 Å². The van der Waals surface area contributed by atoms with Gasteiger partial charge in [0.25, 0.3) is 5.91 Å². The van der Waals surface area contributed by atoms with Crippen LogP contribution in [0.15, 0.2) is 40.9 Å². The molecule has 1 aliphatic carbocycles. The highest BCUT2D eigenvalue weighted by Gasteiger charge is 2.35. The van der Waals surface area contributed by atoms with Crippen molar-refractivity contribution in [2.75, 3.05) is 0 Å². The van der Waals surface area contributed by atoms with Crippen molar-refractivity contribution in [2.24, 2.45) is 0 Å². The zero-order valence-electron chi connectivity index (χ0n) is 19.2. The zero-order chi connectivity index (χ0) is 22.9. The van der Waals surface area contributed by atoms with Crippen LogP contribution in [0.4, 0.5) is 0 Å². The minimum atomic E-state index is -1.32. The van der Waals surface area contributed by atoms with E-state index in [1.54, 1.807) is 17.4 Å². The molecule has 1 saturated carbocycles. The lowest BCUT2D eigenvalue weighted by Gasteiger charge is -2.33. The summed E-state index contributed by atoms with van der Waals surface area (Å²) >= 11 is 1.63. The summed E-state index contributed by atoms with van der Waals surface area (Å²) in [5.41, 5.74) is 1.20. The maximum atomic E-state index is 12.5. The molecule has 170 valence electrons. The Balaban J connectivity index is 1.28. The number of amides is 1. The van der Waals surface area contributed by atoms with Crippen LogP contribution in [0.3, 0.4) is 0 Å². The summed E-state index contributed by atoms with van der Waals surface area (Å²) in [6, 6.07) is 11.4. The second-order valence-corrected chi connectivity index (χ2v) is 13.9. The van der Waals surface area contributed by atoms with E-state index in [0.29, 0.717) is 17.4 Å². The lowest BCUT2D eigenvalue weighted by Crippen LogP contribution is -2.43. The van der Waals surface area contributed by atoms with Crippen LogP contribution in [0.5, 0.6) is 0 Å². The van der Waals surface area contributed by atoms with Crippen LogP contribution in [0, 0.1) is 0 Å². The maximum Gasteiger partial charge on any atom is 0.273 e. The van der Waals surface area contributed by atoms with E-state index in [4.69, 9.17) is 8.95 Å². The van der Waals surface area contributed by atoms with E-state index in [0.717, 1.165) is 28.4 Å². The summed E-state index contributed by atoms with van der Waals surface area (Å²) in [4.78, 5) is 12.5. The van der Waals surface area contributed by atoms with Gasteiger partial charge in [0.15, 0.2) is 20.5 Å². The third kappa shape index (κ3) is 5.16. The molecule has 1 aromatic carbocycles. The Morgan fingerprint density at radius 1 is 1.25 bits per heavy atom. The number of nitrogens with one attached hydrogen (secondary N) is 1. The highest BCUT2D eigenvalue weighted by molar-refractivity contribution is 7.11. The van der Waals surface area contributed by atoms with Crippen molar-refractivity contribution >= 4 is 26.3 Å². The van der Waals surface area contributed by atoms with Crippen LogP contribution in [0.25, 0.3) is 11.3 Å². The number of aromatic nitrogens is 3. The van der Waals surface area contributed by atoms with Crippen LogP contribution in [-0.2, 0) is 4.43 Å². The molecule has 0 radical (unpaired) electrons. The van der Waals surface area contributed by atoms with Crippen molar-refractivity contribution in [3.8, 4) is 11.3 Å². The summed E-state index contributed by atoms with van der Waals surface area (Å²) in [6.45, 7) is 11.0. The molecule has 0 saturated heterocycles. The monoisotopic (exact) mass is 470 g/mol. The highest BCUT2D eigenvalue weighted by atomic mass is 32.1. The third-order valence-corrected chi connectivity index (χ3v) is 10.6. The van der Waals surface area contributed by atoms with E-state index >= 15 is 0 Å². The standard InChI is InChI=1S/C23H30N4O3SSi/c1-14(30-32(5)23(2,3)4)21-25-26-22(31-21)16-11-17(12-16)24-20(28)18-13-19(29-27-18)15-9-7-6-8-10-15/h6-10,13-14,16-17,32H,11-12H2,1-5H3,(H,24,28)/t14-,16?,17?,32?/m1/s1. The molecule has 1 fully saturated rings. The first kappa shape index (κ1) is 22.8. The Hall–Kier alpha value is -2.36. The Morgan fingerprint density at radius 2 is 1.97 bits per heavy atom. The van der Waals surface area contributed by atoms with Gasteiger partial charge in [-0.3, -0.25) is 4.79 Å². The van der Waals surface area contributed by atoms with Gasteiger partial charge < -0.3 is 14.3 Å². The van der Waals surface area contributed by atoms with Crippen LogP contribution in [0.1, 0.15) is 73.1 Å². The van der Waals surface area contributed by atoms with Crippen LogP contribution in [-0.4, -0.2) is 36.3 Å². The van der Waals surface area contributed by atoms with E-state index in [1.807, 2.05) is 30.3 Å². The molecule has 1 amide bonds. The van der Waals surface area contributed by atoms with Gasteiger partial charge >= 0.3 is 0 Å². The number of hydrogen-bond acceptors (Lipinski definition) is 7. The second-order valence-electron chi connectivity index (χ2n) is 9.55. The van der Waals surface area contributed by atoms with Gasteiger partial charge in [0.2, 0.25) is 0 Å². The van der Waals surface area contributed by atoms with Crippen molar-refractivity contribution in [3.63, 3.8) is 0 Å². The fraction of sp³-hybridized carbons (Fsp3) is 0.478.